The topological polar surface area (TPSA) is 93.2 Å². The highest BCUT2D eigenvalue weighted by atomic mass is 16.6. The fourth-order valence-corrected chi connectivity index (χ4v) is 2.48. The molecule has 1 rings (SSSR count). The van der Waals surface area contributed by atoms with E-state index >= 15 is 0 Å². The summed E-state index contributed by atoms with van der Waals surface area (Å²) in [5.74, 6) is 1.52. The van der Waals surface area contributed by atoms with Gasteiger partial charge in [0.25, 0.3) is 0 Å². The lowest BCUT2D eigenvalue weighted by atomic mass is 10.1. The number of carbonyl (C=O) groups is 1. The lowest BCUT2D eigenvalue weighted by molar-refractivity contribution is 0.0529. The van der Waals surface area contributed by atoms with E-state index < -0.39 is 11.7 Å². The highest BCUT2D eigenvalue weighted by molar-refractivity contribution is 5.79. The number of alkyl carbamates (subject to hydrolysis) is 1. The molecule has 0 spiro atoms. The Hall–Kier alpha value is -2.48. The molecule has 0 radical (unpaired) electrons. The molecule has 0 saturated heterocycles. The number of methoxy groups -OCH3 is 1. The van der Waals surface area contributed by atoms with Gasteiger partial charge in [0.1, 0.15) is 11.4 Å². The van der Waals surface area contributed by atoms with Crippen LogP contribution in [0.3, 0.4) is 0 Å². The predicted octanol–water partition coefficient (Wildman–Crippen LogP) is 2.99. The Balaban J connectivity index is 2.60. The van der Waals surface area contributed by atoms with Crippen molar-refractivity contribution in [2.24, 2.45) is 4.99 Å². The third-order valence-corrected chi connectivity index (χ3v) is 3.81. The van der Waals surface area contributed by atoms with Crippen LogP contribution in [0.5, 0.6) is 5.75 Å². The second kappa shape index (κ2) is 13.7. The summed E-state index contributed by atoms with van der Waals surface area (Å²) in [6, 6.07) is 6.12. The van der Waals surface area contributed by atoms with Crippen LogP contribution in [-0.2, 0) is 16.0 Å². The summed E-state index contributed by atoms with van der Waals surface area (Å²) in [6.45, 7) is 13.0. The smallest absolute Gasteiger partial charge is 0.407 e. The predicted molar refractivity (Wildman–Crippen MR) is 120 cm³/mol. The van der Waals surface area contributed by atoms with Crippen LogP contribution in [-0.4, -0.2) is 57.6 Å². The van der Waals surface area contributed by atoms with E-state index in [9.17, 15) is 4.79 Å². The summed E-state index contributed by atoms with van der Waals surface area (Å²) < 4.78 is 16.2. The molecule has 3 N–H and O–H groups in total. The Labute approximate surface area is 180 Å². The van der Waals surface area contributed by atoms with Gasteiger partial charge >= 0.3 is 6.09 Å². The number of ether oxygens (including phenoxy) is 3. The van der Waals surface area contributed by atoms with Gasteiger partial charge in [0.2, 0.25) is 0 Å². The van der Waals surface area contributed by atoms with Crippen LogP contribution in [0.25, 0.3) is 0 Å². The first-order valence-corrected chi connectivity index (χ1v) is 10.5. The Morgan fingerprint density at radius 2 is 1.83 bits per heavy atom. The molecule has 0 aromatic heterocycles. The third kappa shape index (κ3) is 11.5. The van der Waals surface area contributed by atoms with Crippen LogP contribution in [0, 0.1) is 6.92 Å². The molecule has 0 aliphatic heterocycles. The lowest BCUT2D eigenvalue weighted by Gasteiger charge is -2.20. The molecule has 0 bridgehead atoms. The number of hydrogen-bond acceptors (Lipinski definition) is 5. The Morgan fingerprint density at radius 1 is 1.10 bits per heavy atom. The van der Waals surface area contributed by atoms with Gasteiger partial charge < -0.3 is 30.2 Å². The van der Waals surface area contributed by atoms with Crippen LogP contribution in [0.2, 0.25) is 0 Å². The summed E-state index contributed by atoms with van der Waals surface area (Å²) in [5, 5.41) is 9.14. The van der Waals surface area contributed by atoms with E-state index in [1.165, 1.54) is 0 Å². The summed E-state index contributed by atoms with van der Waals surface area (Å²) >= 11 is 0. The second-order valence-electron chi connectivity index (χ2n) is 7.86. The number of benzene rings is 1. The highest BCUT2D eigenvalue weighted by Crippen LogP contribution is 2.21. The monoisotopic (exact) mass is 422 g/mol. The van der Waals surface area contributed by atoms with Gasteiger partial charge in [0.05, 0.1) is 13.2 Å². The first kappa shape index (κ1) is 25.6. The fourth-order valence-electron chi connectivity index (χ4n) is 2.48. The van der Waals surface area contributed by atoms with E-state index in [-0.39, 0.29) is 0 Å². The molecule has 0 unspecified atom stereocenters. The largest absolute Gasteiger partial charge is 0.493 e. The van der Waals surface area contributed by atoms with Crippen molar-refractivity contribution in [2.45, 2.75) is 53.2 Å². The van der Waals surface area contributed by atoms with E-state index in [1.54, 1.807) is 7.11 Å². The van der Waals surface area contributed by atoms with E-state index in [1.807, 2.05) is 46.8 Å². The molecule has 8 heteroatoms. The van der Waals surface area contributed by atoms with Crippen molar-refractivity contribution in [1.29, 1.82) is 0 Å². The molecule has 0 aliphatic carbocycles. The molecule has 0 saturated carbocycles. The number of carbonyl (C=O) groups excluding carboxylic acids is 1. The molecule has 0 aliphatic rings. The van der Waals surface area contributed by atoms with E-state index in [4.69, 9.17) is 14.2 Å². The molecule has 170 valence electrons. The number of guanidine groups is 1. The van der Waals surface area contributed by atoms with Crippen molar-refractivity contribution >= 4 is 12.1 Å². The lowest BCUT2D eigenvalue weighted by Crippen LogP contribution is -2.42. The average Bonchev–Trinajstić information content (AvgIpc) is 2.66. The molecule has 0 atom stereocenters. The summed E-state index contributed by atoms with van der Waals surface area (Å²) in [6.07, 6.45) is 0.406. The van der Waals surface area contributed by atoms with Crippen molar-refractivity contribution in [2.75, 3.05) is 40.0 Å². The number of aryl methyl sites for hydroxylation is 1. The maximum absolute atomic E-state index is 11.7. The third-order valence-electron chi connectivity index (χ3n) is 3.81. The van der Waals surface area contributed by atoms with Gasteiger partial charge in [-0.25, -0.2) is 9.79 Å². The molecule has 0 fully saturated rings. The van der Waals surface area contributed by atoms with Crippen LogP contribution in [0.15, 0.2) is 23.2 Å². The van der Waals surface area contributed by atoms with Crippen molar-refractivity contribution in [3.63, 3.8) is 0 Å². The number of hydrogen-bond donors (Lipinski definition) is 3. The Morgan fingerprint density at radius 3 is 2.50 bits per heavy atom. The van der Waals surface area contributed by atoms with E-state index in [2.05, 4.69) is 27.0 Å². The van der Waals surface area contributed by atoms with Gasteiger partial charge in [-0.15, -0.1) is 0 Å². The Kier molecular flexibility index (Phi) is 11.7. The minimum Gasteiger partial charge on any atom is -0.493 e. The number of rotatable bonds is 11. The first-order chi connectivity index (χ1) is 14.2. The number of aliphatic imine (C=N–C) groups is 1. The van der Waals surface area contributed by atoms with Crippen molar-refractivity contribution in [3.8, 4) is 5.75 Å². The van der Waals surface area contributed by atoms with Crippen LogP contribution in [0.1, 0.15) is 45.2 Å². The maximum Gasteiger partial charge on any atom is 0.407 e. The van der Waals surface area contributed by atoms with Crippen molar-refractivity contribution < 1.29 is 19.0 Å². The number of nitrogens with zero attached hydrogens (tertiary/aromatic N) is 1. The average molecular weight is 423 g/mol. The fraction of sp³-hybridized carbons (Fsp3) is 0.636. The summed E-state index contributed by atoms with van der Waals surface area (Å²) in [4.78, 5) is 16.3. The van der Waals surface area contributed by atoms with Gasteiger partial charge in [0.15, 0.2) is 5.96 Å². The standard InChI is InChI=1S/C22H38N4O4/c1-7-23-20(24-11-12-25-21(27)30-22(3,4)5)26-16-18-10-9-17(2)15-19(18)29-14-8-13-28-6/h9-10,15H,7-8,11-14,16H2,1-6H3,(H,25,27)(H2,23,24,26). The first-order valence-electron chi connectivity index (χ1n) is 10.5. The zero-order chi connectivity index (χ0) is 22.4. The van der Waals surface area contributed by atoms with E-state index in [0.717, 1.165) is 29.8 Å². The zero-order valence-electron chi connectivity index (χ0n) is 19.3. The molecule has 1 aromatic carbocycles. The second-order valence-corrected chi connectivity index (χ2v) is 7.86. The zero-order valence-corrected chi connectivity index (χ0v) is 19.3. The molecule has 0 heterocycles. The molecular formula is C22H38N4O4. The molecule has 30 heavy (non-hydrogen) atoms. The SMILES string of the molecule is CCNC(=NCc1ccc(C)cc1OCCCOC)NCCNC(=O)OC(C)(C)C. The van der Waals surface area contributed by atoms with Gasteiger partial charge in [-0.3, -0.25) is 0 Å². The summed E-state index contributed by atoms with van der Waals surface area (Å²) in [7, 11) is 1.69. The van der Waals surface area contributed by atoms with Gasteiger partial charge in [0, 0.05) is 45.3 Å². The van der Waals surface area contributed by atoms with Crippen LogP contribution < -0.4 is 20.7 Å². The van der Waals surface area contributed by atoms with Gasteiger partial charge in [-0.1, -0.05) is 12.1 Å². The van der Waals surface area contributed by atoms with Gasteiger partial charge in [-0.2, -0.15) is 0 Å². The molecule has 8 nitrogen and oxygen atoms in total. The van der Waals surface area contributed by atoms with Crippen molar-refractivity contribution in [1.82, 2.24) is 16.0 Å². The van der Waals surface area contributed by atoms with E-state index in [0.29, 0.717) is 38.8 Å². The molecule has 1 aromatic rings. The maximum atomic E-state index is 11.7. The normalized spacial score (nSPS) is 11.7. The van der Waals surface area contributed by atoms with Gasteiger partial charge in [-0.05, 0) is 46.2 Å². The quantitative estimate of drug-likeness (QED) is 0.288. The highest BCUT2D eigenvalue weighted by Gasteiger charge is 2.15. The van der Waals surface area contributed by atoms with Crippen LogP contribution >= 0.6 is 0 Å². The minimum absolute atomic E-state index is 0.428. The number of nitrogens with one attached hydrogen (secondary N) is 3. The number of amides is 1. The summed E-state index contributed by atoms with van der Waals surface area (Å²) in [5.41, 5.74) is 1.65. The Bertz CT molecular complexity index is 672. The van der Waals surface area contributed by atoms with Crippen LogP contribution in [0.4, 0.5) is 4.79 Å². The van der Waals surface area contributed by atoms with Crippen molar-refractivity contribution in [3.05, 3.63) is 29.3 Å². The molecular weight excluding hydrogens is 384 g/mol. The molecule has 1 amide bonds. The minimum atomic E-state index is -0.509.